The van der Waals surface area contributed by atoms with Crippen molar-refractivity contribution in [3.8, 4) is 11.3 Å². The number of anilines is 2. The molecule has 3 aromatic heterocycles. The molecule has 5 rings (SSSR count). The van der Waals surface area contributed by atoms with Crippen molar-refractivity contribution in [2.24, 2.45) is 0 Å². The molecule has 0 spiro atoms. The van der Waals surface area contributed by atoms with Gasteiger partial charge < -0.3 is 4.90 Å². The molecule has 2 aromatic carbocycles. The lowest BCUT2D eigenvalue weighted by Gasteiger charge is -2.21. The van der Waals surface area contributed by atoms with Gasteiger partial charge in [0.15, 0.2) is 0 Å². The normalized spacial score (nSPS) is 11.9. The summed E-state index contributed by atoms with van der Waals surface area (Å²) in [6.45, 7) is 6.38. The van der Waals surface area contributed by atoms with Crippen LogP contribution in [-0.4, -0.2) is 36.6 Å². The van der Waals surface area contributed by atoms with Crippen LogP contribution in [0.4, 0.5) is 11.5 Å². The molecule has 0 atom stereocenters. The molecule has 0 saturated heterocycles. The first-order valence-corrected chi connectivity index (χ1v) is 10.6. The van der Waals surface area contributed by atoms with Crippen LogP contribution in [0.15, 0.2) is 61.2 Å². The van der Waals surface area contributed by atoms with Crippen LogP contribution in [0.2, 0.25) is 5.02 Å². The van der Waals surface area contributed by atoms with Crippen molar-refractivity contribution in [2.45, 2.75) is 26.2 Å². The van der Waals surface area contributed by atoms with Crippen LogP contribution in [-0.2, 0) is 5.41 Å². The van der Waals surface area contributed by atoms with Gasteiger partial charge in [0, 0.05) is 40.3 Å². The van der Waals surface area contributed by atoms with Crippen LogP contribution >= 0.6 is 11.6 Å². The number of fused-ring (bicyclic) bond motifs is 3. The molecule has 0 aliphatic heterocycles. The summed E-state index contributed by atoms with van der Waals surface area (Å²) < 4.78 is 1.83. The van der Waals surface area contributed by atoms with E-state index in [2.05, 4.69) is 47.0 Å². The zero-order valence-electron chi connectivity index (χ0n) is 18.3. The zero-order valence-corrected chi connectivity index (χ0v) is 19.0. The van der Waals surface area contributed by atoms with E-state index < -0.39 is 0 Å². The van der Waals surface area contributed by atoms with Crippen molar-refractivity contribution in [1.82, 2.24) is 29.5 Å². The largest absolute Gasteiger partial charge is 0.329 e. The van der Waals surface area contributed by atoms with Crippen molar-refractivity contribution in [2.75, 3.05) is 11.9 Å². The molecular weight excluding hydrogens is 422 g/mol. The molecule has 0 bridgehead atoms. The standard InChI is InChI=1S/C24H22ClN7/c1-24(2,3)21-13-26-19(12-27-21)15-6-5-7-17(10-15)31(4)22-18-9-8-16(25)11-20(18)32-14-28-30-23(32)29-22/h5-14H,1-4H3. The van der Waals surface area contributed by atoms with Gasteiger partial charge in [-0.1, -0.05) is 44.5 Å². The molecule has 0 fully saturated rings. The van der Waals surface area contributed by atoms with Gasteiger partial charge in [0.2, 0.25) is 0 Å². The molecule has 0 aliphatic carbocycles. The minimum absolute atomic E-state index is 0.0381. The molecule has 7 nitrogen and oxygen atoms in total. The van der Waals surface area contributed by atoms with Crippen LogP contribution in [0, 0.1) is 0 Å². The Morgan fingerprint density at radius 2 is 1.84 bits per heavy atom. The van der Waals surface area contributed by atoms with Crippen LogP contribution in [0.3, 0.4) is 0 Å². The Morgan fingerprint density at radius 1 is 1.00 bits per heavy atom. The molecule has 5 aromatic rings. The molecule has 0 amide bonds. The summed E-state index contributed by atoms with van der Waals surface area (Å²) in [6.07, 6.45) is 5.33. The van der Waals surface area contributed by atoms with Gasteiger partial charge >= 0.3 is 0 Å². The topological polar surface area (TPSA) is 72.1 Å². The Kier molecular flexibility index (Phi) is 4.78. The second kappa shape index (κ2) is 7.53. The number of benzene rings is 2. The van der Waals surface area contributed by atoms with Gasteiger partial charge in [-0.15, -0.1) is 10.2 Å². The lowest BCUT2D eigenvalue weighted by atomic mass is 9.93. The lowest BCUT2D eigenvalue weighted by Crippen LogP contribution is -2.14. The maximum atomic E-state index is 6.26. The second-order valence-corrected chi connectivity index (χ2v) is 9.18. The first kappa shape index (κ1) is 20.3. The lowest BCUT2D eigenvalue weighted by molar-refractivity contribution is 0.566. The summed E-state index contributed by atoms with van der Waals surface area (Å²) in [7, 11) is 1.98. The Hall–Kier alpha value is -3.58. The fourth-order valence-electron chi connectivity index (χ4n) is 3.64. The Labute approximate surface area is 190 Å². The van der Waals surface area contributed by atoms with Crippen LogP contribution in [0.25, 0.3) is 27.9 Å². The monoisotopic (exact) mass is 443 g/mol. The average Bonchev–Trinajstić information content (AvgIpc) is 3.26. The van der Waals surface area contributed by atoms with E-state index in [9.17, 15) is 0 Å². The molecule has 0 unspecified atom stereocenters. The smallest absolute Gasteiger partial charge is 0.257 e. The maximum Gasteiger partial charge on any atom is 0.257 e. The van der Waals surface area contributed by atoms with Crippen molar-refractivity contribution < 1.29 is 0 Å². The van der Waals surface area contributed by atoms with Crippen molar-refractivity contribution in [3.05, 3.63) is 71.9 Å². The molecule has 160 valence electrons. The van der Waals surface area contributed by atoms with Gasteiger partial charge in [0.05, 0.1) is 23.1 Å². The molecule has 32 heavy (non-hydrogen) atoms. The van der Waals surface area contributed by atoms with Crippen molar-refractivity contribution >= 4 is 39.8 Å². The third-order valence-corrected chi connectivity index (χ3v) is 5.70. The van der Waals surface area contributed by atoms with Gasteiger partial charge in [-0.05, 0) is 30.3 Å². The summed E-state index contributed by atoms with van der Waals surface area (Å²) in [5, 5.41) is 9.74. The minimum atomic E-state index is -0.0381. The third kappa shape index (κ3) is 3.54. The summed E-state index contributed by atoms with van der Waals surface area (Å²) in [4.78, 5) is 16.1. The fourth-order valence-corrected chi connectivity index (χ4v) is 3.81. The molecule has 0 saturated carbocycles. The zero-order chi connectivity index (χ0) is 22.5. The molecule has 0 N–H and O–H groups in total. The number of nitrogens with zero attached hydrogens (tertiary/aromatic N) is 7. The van der Waals surface area contributed by atoms with Crippen molar-refractivity contribution in [1.29, 1.82) is 0 Å². The van der Waals surface area contributed by atoms with Gasteiger partial charge in [0.25, 0.3) is 5.78 Å². The molecule has 0 aliphatic rings. The highest BCUT2D eigenvalue weighted by Crippen LogP contribution is 2.33. The maximum absolute atomic E-state index is 6.26. The summed E-state index contributed by atoms with van der Waals surface area (Å²) in [6, 6.07) is 13.9. The van der Waals surface area contributed by atoms with E-state index in [1.165, 1.54) is 0 Å². The van der Waals surface area contributed by atoms with E-state index in [0.717, 1.165) is 39.4 Å². The van der Waals surface area contributed by atoms with Crippen LogP contribution in [0.1, 0.15) is 26.5 Å². The Balaban J connectivity index is 1.58. The summed E-state index contributed by atoms with van der Waals surface area (Å²) in [5.74, 6) is 1.28. The number of hydrogen-bond donors (Lipinski definition) is 0. The van der Waals surface area contributed by atoms with Crippen molar-refractivity contribution in [3.63, 3.8) is 0 Å². The first-order valence-electron chi connectivity index (χ1n) is 10.3. The molecule has 3 heterocycles. The highest BCUT2D eigenvalue weighted by atomic mass is 35.5. The predicted molar refractivity (Wildman–Crippen MR) is 128 cm³/mol. The summed E-state index contributed by atoms with van der Waals surface area (Å²) >= 11 is 6.26. The highest BCUT2D eigenvalue weighted by Gasteiger charge is 2.17. The van der Waals surface area contributed by atoms with E-state index in [-0.39, 0.29) is 5.41 Å². The van der Waals surface area contributed by atoms with Gasteiger partial charge in [-0.3, -0.25) is 14.4 Å². The van der Waals surface area contributed by atoms with Crippen LogP contribution in [0.5, 0.6) is 0 Å². The van der Waals surface area contributed by atoms with E-state index in [1.807, 2.05) is 65.1 Å². The quantitative estimate of drug-likeness (QED) is 0.369. The van der Waals surface area contributed by atoms with E-state index in [0.29, 0.717) is 10.8 Å². The third-order valence-electron chi connectivity index (χ3n) is 5.46. The van der Waals surface area contributed by atoms with E-state index in [1.54, 1.807) is 6.33 Å². The van der Waals surface area contributed by atoms with Gasteiger partial charge in [-0.25, -0.2) is 0 Å². The average molecular weight is 444 g/mol. The van der Waals surface area contributed by atoms with E-state index in [4.69, 9.17) is 16.6 Å². The second-order valence-electron chi connectivity index (χ2n) is 8.74. The minimum Gasteiger partial charge on any atom is -0.329 e. The highest BCUT2D eigenvalue weighted by molar-refractivity contribution is 6.31. The molecular formula is C24H22ClN7. The number of aromatic nitrogens is 6. The molecule has 0 radical (unpaired) electrons. The van der Waals surface area contributed by atoms with Gasteiger partial charge in [-0.2, -0.15) is 4.98 Å². The number of halogens is 1. The first-order chi connectivity index (χ1) is 15.3. The Bertz CT molecular complexity index is 1440. The van der Waals surface area contributed by atoms with Gasteiger partial charge in [0.1, 0.15) is 12.1 Å². The number of rotatable bonds is 3. The summed E-state index contributed by atoms with van der Waals surface area (Å²) in [5.41, 5.74) is 4.60. The SMILES string of the molecule is CN(c1cccc(-c2cnc(C(C)(C)C)cn2)c1)c1nc2nncn2c2cc(Cl)ccc12. The van der Waals surface area contributed by atoms with Crippen LogP contribution < -0.4 is 4.90 Å². The number of hydrogen-bond acceptors (Lipinski definition) is 6. The fraction of sp³-hybridized carbons (Fsp3) is 0.208. The Morgan fingerprint density at radius 3 is 2.59 bits per heavy atom. The van der Waals surface area contributed by atoms with E-state index >= 15 is 0 Å². The molecule has 8 heteroatoms. The predicted octanol–water partition coefficient (Wildman–Crippen LogP) is 5.45.